The predicted octanol–water partition coefficient (Wildman–Crippen LogP) is 3.64. The van der Waals surface area contributed by atoms with E-state index < -0.39 is 5.60 Å². The monoisotopic (exact) mass is 301 g/mol. The van der Waals surface area contributed by atoms with Crippen LogP contribution in [0.5, 0.6) is 0 Å². The second-order valence-corrected chi connectivity index (χ2v) is 6.13. The van der Waals surface area contributed by atoms with E-state index >= 15 is 0 Å². The van der Waals surface area contributed by atoms with E-state index in [1.807, 2.05) is 20.8 Å². The van der Waals surface area contributed by atoms with Crippen molar-refractivity contribution < 1.29 is 13.9 Å². The van der Waals surface area contributed by atoms with Crippen LogP contribution < -0.4 is 5.73 Å². The van der Waals surface area contributed by atoms with E-state index in [1.165, 1.54) is 18.2 Å². The number of hydrogen-bond acceptors (Lipinski definition) is 3. The molecule has 1 unspecified atom stereocenters. The smallest absolute Gasteiger partial charge is 0.306 e. The van der Waals surface area contributed by atoms with Crippen molar-refractivity contribution in [3.63, 3.8) is 0 Å². The third-order valence-corrected chi connectivity index (χ3v) is 3.14. The van der Waals surface area contributed by atoms with Gasteiger partial charge in [-0.05, 0) is 63.4 Å². The number of hydrogen-bond donors (Lipinski definition) is 1. The fourth-order valence-corrected chi connectivity index (χ4v) is 2.18. The molecule has 1 atom stereocenters. The van der Waals surface area contributed by atoms with Gasteiger partial charge in [-0.1, -0.05) is 11.6 Å². The van der Waals surface area contributed by atoms with E-state index in [0.717, 1.165) is 0 Å². The second kappa shape index (κ2) is 7.04. The van der Waals surface area contributed by atoms with E-state index in [1.54, 1.807) is 0 Å². The van der Waals surface area contributed by atoms with Gasteiger partial charge in [-0.25, -0.2) is 4.39 Å². The Morgan fingerprint density at radius 2 is 2.10 bits per heavy atom. The van der Waals surface area contributed by atoms with Crippen LogP contribution in [0.25, 0.3) is 0 Å². The lowest BCUT2D eigenvalue weighted by atomic mass is 9.94. The highest BCUT2D eigenvalue weighted by molar-refractivity contribution is 6.31. The van der Waals surface area contributed by atoms with Crippen molar-refractivity contribution in [3.8, 4) is 0 Å². The summed E-state index contributed by atoms with van der Waals surface area (Å²) in [6, 6.07) is 4.17. The maximum Gasteiger partial charge on any atom is 0.306 e. The quantitative estimate of drug-likeness (QED) is 0.845. The molecule has 0 aliphatic heterocycles. The Kier molecular flexibility index (Phi) is 5.96. The number of benzene rings is 1. The van der Waals surface area contributed by atoms with Gasteiger partial charge in [-0.3, -0.25) is 4.79 Å². The molecule has 0 spiro atoms. The first-order valence-corrected chi connectivity index (χ1v) is 6.97. The maximum absolute atomic E-state index is 13.3. The molecule has 112 valence electrons. The van der Waals surface area contributed by atoms with E-state index in [4.69, 9.17) is 22.1 Å². The number of halogens is 2. The summed E-state index contributed by atoms with van der Waals surface area (Å²) in [6.45, 7) is 5.74. The van der Waals surface area contributed by atoms with Crippen LogP contribution in [0.4, 0.5) is 4.39 Å². The summed E-state index contributed by atoms with van der Waals surface area (Å²) < 4.78 is 18.5. The maximum atomic E-state index is 13.3. The van der Waals surface area contributed by atoms with E-state index in [2.05, 4.69) is 0 Å². The van der Waals surface area contributed by atoms with Crippen LogP contribution in [0.3, 0.4) is 0 Å². The predicted molar refractivity (Wildman–Crippen MR) is 78.3 cm³/mol. The Morgan fingerprint density at radius 1 is 1.45 bits per heavy atom. The zero-order chi connectivity index (χ0) is 15.3. The van der Waals surface area contributed by atoms with Crippen molar-refractivity contribution in [3.05, 3.63) is 34.6 Å². The van der Waals surface area contributed by atoms with Gasteiger partial charge < -0.3 is 10.5 Å². The molecule has 1 rings (SSSR count). The van der Waals surface area contributed by atoms with Crippen LogP contribution in [0, 0.1) is 5.82 Å². The summed E-state index contributed by atoms with van der Waals surface area (Å²) in [6.07, 6.45) is 0.709. The number of carbonyl (C=O) groups excluding carboxylic acids is 1. The molecule has 0 bridgehead atoms. The van der Waals surface area contributed by atoms with Crippen LogP contribution in [0.1, 0.15) is 45.1 Å². The molecule has 0 aliphatic rings. The van der Waals surface area contributed by atoms with Gasteiger partial charge in [0, 0.05) is 11.4 Å². The third kappa shape index (κ3) is 5.47. The number of esters is 1. The van der Waals surface area contributed by atoms with Crippen molar-refractivity contribution in [1.29, 1.82) is 0 Å². The highest BCUT2D eigenvalue weighted by Gasteiger charge is 2.19. The molecule has 0 amide bonds. The molecule has 0 aliphatic carbocycles. The largest absolute Gasteiger partial charge is 0.460 e. The lowest BCUT2D eigenvalue weighted by Gasteiger charge is -2.21. The van der Waals surface area contributed by atoms with Crippen LogP contribution >= 0.6 is 11.6 Å². The highest BCUT2D eigenvalue weighted by Crippen LogP contribution is 2.28. The van der Waals surface area contributed by atoms with Gasteiger partial charge >= 0.3 is 5.97 Å². The number of ether oxygens (including phenoxy) is 1. The zero-order valence-corrected chi connectivity index (χ0v) is 12.8. The summed E-state index contributed by atoms with van der Waals surface area (Å²) in [5, 5.41) is 0.464. The number of nitrogens with two attached hydrogens (primary N) is 1. The minimum Gasteiger partial charge on any atom is -0.460 e. The summed E-state index contributed by atoms with van der Waals surface area (Å²) in [4.78, 5) is 11.7. The van der Waals surface area contributed by atoms with Crippen molar-refractivity contribution in [2.75, 3.05) is 6.54 Å². The first-order valence-electron chi connectivity index (χ1n) is 6.60. The summed E-state index contributed by atoms with van der Waals surface area (Å²) in [7, 11) is 0. The van der Waals surface area contributed by atoms with Gasteiger partial charge in [0.05, 0.1) is 0 Å². The van der Waals surface area contributed by atoms with E-state index in [9.17, 15) is 9.18 Å². The summed E-state index contributed by atoms with van der Waals surface area (Å²) >= 11 is 6.05. The summed E-state index contributed by atoms with van der Waals surface area (Å²) in [5.41, 5.74) is 5.83. The summed E-state index contributed by atoms with van der Waals surface area (Å²) in [5.74, 6) is -0.811. The first kappa shape index (κ1) is 16.9. The molecule has 0 saturated carbocycles. The first-order chi connectivity index (χ1) is 9.23. The zero-order valence-electron chi connectivity index (χ0n) is 12.1. The molecule has 5 heteroatoms. The fourth-order valence-electron chi connectivity index (χ4n) is 1.91. The minimum atomic E-state index is -0.508. The van der Waals surface area contributed by atoms with Gasteiger partial charge in [-0.15, -0.1) is 0 Å². The molecule has 1 aromatic rings. The minimum absolute atomic E-state index is 0.161. The highest BCUT2D eigenvalue weighted by atomic mass is 35.5. The average Bonchev–Trinajstić information content (AvgIpc) is 2.32. The SMILES string of the molecule is CC(C)(C)OC(=O)CCC(CN)c1cc(F)ccc1Cl. The Morgan fingerprint density at radius 3 is 2.65 bits per heavy atom. The van der Waals surface area contributed by atoms with Crippen LogP contribution in [-0.4, -0.2) is 18.1 Å². The number of carbonyl (C=O) groups is 1. The Hall–Kier alpha value is -1.13. The fraction of sp³-hybridized carbons (Fsp3) is 0.533. The molecule has 0 aromatic heterocycles. The van der Waals surface area contributed by atoms with Gasteiger partial charge in [0.2, 0.25) is 0 Å². The molecule has 0 radical (unpaired) electrons. The van der Waals surface area contributed by atoms with E-state index in [-0.39, 0.29) is 24.1 Å². The molecule has 0 fully saturated rings. The molecule has 2 N–H and O–H groups in total. The van der Waals surface area contributed by atoms with Crippen molar-refractivity contribution in [2.45, 2.75) is 45.1 Å². The second-order valence-electron chi connectivity index (χ2n) is 5.72. The topological polar surface area (TPSA) is 52.3 Å². The molecular formula is C15H21ClFNO2. The Balaban J connectivity index is 2.68. The molecule has 20 heavy (non-hydrogen) atoms. The van der Waals surface area contributed by atoms with Crippen molar-refractivity contribution in [2.24, 2.45) is 5.73 Å². The van der Waals surface area contributed by atoms with Gasteiger partial charge in [0.15, 0.2) is 0 Å². The van der Waals surface area contributed by atoms with Gasteiger partial charge in [0.25, 0.3) is 0 Å². The van der Waals surface area contributed by atoms with Crippen molar-refractivity contribution in [1.82, 2.24) is 0 Å². The molecule has 0 saturated heterocycles. The normalized spacial score (nSPS) is 13.1. The molecule has 1 aromatic carbocycles. The lowest BCUT2D eigenvalue weighted by molar-refractivity contribution is -0.155. The lowest BCUT2D eigenvalue weighted by Crippen LogP contribution is -2.24. The van der Waals surface area contributed by atoms with Crippen molar-refractivity contribution >= 4 is 17.6 Å². The third-order valence-electron chi connectivity index (χ3n) is 2.80. The molecule has 0 heterocycles. The Bertz CT molecular complexity index is 471. The van der Waals surface area contributed by atoms with E-state index in [0.29, 0.717) is 23.6 Å². The molecular weight excluding hydrogens is 281 g/mol. The van der Waals surface area contributed by atoms with Gasteiger partial charge in [0.1, 0.15) is 11.4 Å². The number of rotatable bonds is 5. The Labute approximate surface area is 124 Å². The average molecular weight is 302 g/mol. The van der Waals surface area contributed by atoms with Gasteiger partial charge in [-0.2, -0.15) is 0 Å². The molecule has 3 nitrogen and oxygen atoms in total. The van der Waals surface area contributed by atoms with Crippen LogP contribution in [-0.2, 0) is 9.53 Å². The van der Waals surface area contributed by atoms with Crippen LogP contribution in [0.15, 0.2) is 18.2 Å². The van der Waals surface area contributed by atoms with Crippen LogP contribution in [0.2, 0.25) is 5.02 Å². The standard InChI is InChI=1S/C15H21ClFNO2/c1-15(2,3)20-14(19)7-4-10(9-18)12-8-11(17)5-6-13(12)16/h5-6,8,10H,4,7,9,18H2,1-3H3.